The number of benzene rings is 1. The number of sulfonamides is 1. The van der Waals surface area contributed by atoms with Gasteiger partial charge in [-0.25, -0.2) is 13.2 Å². The fraction of sp³-hybridized carbons (Fsp3) is 0.167. The number of hydrogen-bond acceptors (Lipinski definition) is 5. The van der Waals surface area contributed by atoms with Gasteiger partial charge in [-0.1, -0.05) is 6.07 Å². The van der Waals surface area contributed by atoms with Crippen LogP contribution in [0, 0.1) is 13.8 Å². The van der Waals surface area contributed by atoms with Crippen LogP contribution >= 0.6 is 0 Å². The number of nitrogen functional groups attached to an aromatic ring is 1. The van der Waals surface area contributed by atoms with Crippen LogP contribution in [0.25, 0.3) is 0 Å². The van der Waals surface area contributed by atoms with Crippen molar-refractivity contribution in [2.24, 2.45) is 0 Å². The van der Waals surface area contributed by atoms with E-state index in [0.717, 1.165) is 11.8 Å². The van der Waals surface area contributed by atoms with E-state index in [-0.39, 0.29) is 5.69 Å². The standard InChI is InChI=1S/C12H14N4O4S/c1-6-3-4-8(7(2)10(6)13)16-21(19,20)9-5-14-12(18)15-11(9)17/h3-5,16H,13H2,1-2H3,(H2,14,15,17,18). The summed E-state index contributed by atoms with van der Waals surface area (Å²) in [5.41, 5.74) is 6.16. The van der Waals surface area contributed by atoms with Crippen molar-refractivity contribution in [2.45, 2.75) is 18.7 Å². The zero-order valence-electron chi connectivity index (χ0n) is 11.4. The summed E-state index contributed by atoms with van der Waals surface area (Å²) in [5, 5.41) is 0. The molecule has 0 saturated carbocycles. The number of H-pyrrole nitrogens is 2. The van der Waals surface area contributed by atoms with Gasteiger partial charge >= 0.3 is 5.69 Å². The Morgan fingerprint density at radius 1 is 1.19 bits per heavy atom. The minimum absolute atomic E-state index is 0.267. The second-order valence-electron chi connectivity index (χ2n) is 4.51. The Labute approximate surface area is 120 Å². The summed E-state index contributed by atoms with van der Waals surface area (Å²) >= 11 is 0. The molecule has 0 aliphatic carbocycles. The van der Waals surface area contributed by atoms with Gasteiger partial charge in [-0.3, -0.25) is 14.5 Å². The number of hydrogen-bond donors (Lipinski definition) is 4. The second kappa shape index (κ2) is 5.09. The van der Waals surface area contributed by atoms with Gasteiger partial charge in [0, 0.05) is 11.9 Å². The molecule has 8 nitrogen and oxygen atoms in total. The monoisotopic (exact) mass is 310 g/mol. The van der Waals surface area contributed by atoms with Crippen molar-refractivity contribution in [1.29, 1.82) is 0 Å². The Hall–Kier alpha value is -2.55. The van der Waals surface area contributed by atoms with Crippen molar-refractivity contribution in [3.05, 3.63) is 50.3 Å². The first-order valence-corrected chi connectivity index (χ1v) is 7.41. The van der Waals surface area contributed by atoms with Crippen LogP contribution in [0.2, 0.25) is 0 Å². The Morgan fingerprint density at radius 3 is 2.48 bits per heavy atom. The van der Waals surface area contributed by atoms with Gasteiger partial charge in [0.15, 0.2) is 4.90 Å². The van der Waals surface area contributed by atoms with E-state index in [1.165, 1.54) is 0 Å². The van der Waals surface area contributed by atoms with Crippen molar-refractivity contribution >= 4 is 21.4 Å². The predicted octanol–water partition coefficient (Wildman–Crippen LogP) is 0.0630. The zero-order valence-corrected chi connectivity index (χ0v) is 12.2. The fourth-order valence-corrected chi connectivity index (χ4v) is 2.90. The topological polar surface area (TPSA) is 138 Å². The maximum Gasteiger partial charge on any atom is 0.325 e. The van der Waals surface area contributed by atoms with E-state index in [0.29, 0.717) is 11.3 Å². The van der Waals surface area contributed by atoms with E-state index in [4.69, 9.17) is 5.73 Å². The first kappa shape index (κ1) is 14.9. The van der Waals surface area contributed by atoms with Gasteiger partial charge in [-0.15, -0.1) is 0 Å². The number of anilines is 2. The van der Waals surface area contributed by atoms with Crippen LogP contribution in [0.1, 0.15) is 11.1 Å². The molecule has 2 rings (SSSR count). The Morgan fingerprint density at radius 2 is 1.86 bits per heavy atom. The minimum Gasteiger partial charge on any atom is -0.398 e. The Bertz CT molecular complexity index is 912. The largest absolute Gasteiger partial charge is 0.398 e. The predicted molar refractivity (Wildman–Crippen MR) is 78.8 cm³/mol. The zero-order chi connectivity index (χ0) is 15.8. The molecule has 0 saturated heterocycles. The lowest BCUT2D eigenvalue weighted by Gasteiger charge is -2.13. The number of aryl methyl sites for hydroxylation is 1. The summed E-state index contributed by atoms with van der Waals surface area (Å²) in [7, 11) is -4.13. The van der Waals surface area contributed by atoms with Crippen LogP contribution in [-0.4, -0.2) is 18.4 Å². The molecule has 0 spiro atoms. The molecule has 0 amide bonds. The third-order valence-electron chi connectivity index (χ3n) is 3.05. The molecular weight excluding hydrogens is 296 g/mol. The second-order valence-corrected chi connectivity index (χ2v) is 6.16. The van der Waals surface area contributed by atoms with Crippen LogP contribution in [-0.2, 0) is 10.0 Å². The number of nitrogens with one attached hydrogen (secondary N) is 3. The summed E-state index contributed by atoms with van der Waals surface area (Å²) in [5.74, 6) is 0. The van der Waals surface area contributed by atoms with E-state index in [9.17, 15) is 18.0 Å². The average molecular weight is 310 g/mol. The van der Waals surface area contributed by atoms with E-state index < -0.39 is 26.2 Å². The highest BCUT2D eigenvalue weighted by molar-refractivity contribution is 7.92. The maximum absolute atomic E-state index is 12.2. The van der Waals surface area contributed by atoms with Gasteiger partial charge in [-0.2, -0.15) is 0 Å². The number of aromatic amines is 2. The summed E-state index contributed by atoms with van der Waals surface area (Å²) in [6.45, 7) is 3.46. The molecule has 2 aromatic rings. The van der Waals surface area contributed by atoms with Gasteiger partial charge in [0.1, 0.15) is 0 Å². The Kier molecular flexibility index (Phi) is 3.60. The summed E-state index contributed by atoms with van der Waals surface area (Å²) in [6.07, 6.45) is 0.844. The van der Waals surface area contributed by atoms with Gasteiger partial charge in [0.2, 0.25) is 0 Å². The molecule has 0 aliphatic heterocycles. The van der Waals surface area contributed by atoms with Crippen molar-refractivity contribution in [3.63, 3.8) is 0 Å². The number of nitrogens with two attached hydrogens (primary N) is 1. The smallest absolute Gasteiger partial charge is 0.325 e. The number of rotatable bonds is 3. The molecule has 0 unspecified atom stereocenters. The third-order valence-corrected chi connectivity index (χ3v) is 4.42. The lowest BCUT2D eigenvalue weighted by atomic mass is 10.1. The molecule has 0 aliphatic rings. The minimum atomic E-state index is -4.13. The molecule has 0 atom stereocenters. The molecule has 1 aromatic heterocycles. The highest BCUT2D eigenvalue weighted by Gasteiger charge is 2.20. The van der Waals surface area contributed by atoms with Crippen LogP contribution in [0.4, 0.5) is 11.4 Å². The van der Waals surface area contributed by atoms with Crippen LogP contribution in [0.15, 0.2) is 32.8 Å². The lowest BCUT2D eigenvalue weighted by Crippen LogP contribution is -2.29. The summed E-state index contributed by atoms with van der Waals surface area (Å²) in [6, 6.07) is 3.22. The normalized spacial score (nSPS) is 11.3. The van der Waals surface area contributed by atoms with Crippen molar-refractivity contribution < 1.29 is 8.42 Å². The van der Waals surface area contributed by atoms with E-state index in [1.807, 2.05) is 4.98 Å². The van der Waals surface area contributed by atoms with Crippen molar-refractivity contribution in [2.75, 3.05) is 10.5 Å². The molecule has 112 valence electrons. The highest BCUT2D eigenvalue weighted by atomic mass is 32.2. The molecule has 21 heavy (non-hydrogen) atoms. The van der Waals surface area contributed by atoms with Gasteiger partial charge in [0.05, 0.1) is 5.69 Å². The number of aromatic nitrogens is 2. The van der Waals surface area contributed by atoms with Crippen LogP contribution in [0.3, 0.4) is 0 Å². The lowest BCUT2D eigenvalue weighted by molar-refractivity contribution is 0.599. The van der Waals surface area contributed by atoms with E-state index in [2.05, 4.69) is 9.71 Å². The quantitative estimate of drug-likeness (QED) is 0.594. The summed E-state index contributed by atoms with van der Waals surface area (Å²) in [4.78, 5) is 25.9. The molecular formula is C12H14N4O4S. The average Bonchev–Trinajstić information content (AvgIpc) is 2.39. The molecule has 9 heteroatoms. The van der Waals surface area contributed by atoms with Crippen molar-refractivity contribution in [1.82, 2.24) is 9.97 Å². The summed E-state index contributed by atoms with van der Waals surface area (Å²) < 4.78 is 26.7. The van der Waals surface area contributed by atoms with Gasteiger partial charge in [0.25, 0.3) is 15.6 Å². The molecule has 1 aromatic carbocycles. The first-order chi connectivity index (χ1) is 9.72. The maximum atomic E-state index is 12.2. The third kappa shape index (κ3) is 2.82. The van der Waals surface area contributed by atoms with Gasteiger partial charge < -0.3 is 10.7 Å². The van der Waals surface area contributed by atoms with Crippen LogP contribution in [0.5, 0.6) is 0 Å². The first-order valence-electron chi connectivity index (χ1n) is 5.93. The van der Waals surface area contributed by atoms with Gasteiger partial charge in [-0.05, 0) is 31.0 Å². The van der Waals surface area contributed by atoms with Crippen molar-refractivity contribution in [3.8, 4) is 0 Å². The highest BCUT2D eigenvalue weighted by Crippen LogP contribution is 2.25. The van der Waals surface area contributed by atoms with E-state index >= 15 is 0 Å². The van der Waals surface area contributed by atoms with E-state index in [1.54, 1.807) is 26.0 Å². The molecule has 5 N–H and O–H groups in total. The molecule has 0 radical (unpaired) electrons. The fourth-order valence-electron chi connectivity index (χ4n) is 1.77. The Balaban J connectivity index is 2.50. The molecule has 0 bridgehead atoms. The molecule has 1 heterocycles. The molecule has 0 fully saturated rings. The SMILES string of the molecule is Cc1ccc(NS(=O)(=O)c2c[nH]c(=O)[nH]c2=O)c(C)c1N. The van der Waals surface area contributed by atoms with Crippen LogP contribution < -0.4 is 21.7 Å².